The molecule has 0 bridgehead atoms. The maximum Gasteiger partial charge on any atom is 0.498 e. The van der Waals surface area contributed by atoms with E-state index in [2.05, 4.69) is 101 Å². The van der Waals surface area contributed by atoms with Gasteiger partial charge in [0.25, 0.3) is 0 Å². The van der Waals surface area contributed by atoms with Crippen LogP contribution in [0.15, 0.2) is 81.9 Å². The second kappa shape index (κ2) is 12.6. The summed E-state index contributed by atoms with van der Waals surface area (Å²) in [6.07, 6.45) is 2.51. The highest BCUT2D eigenvalue weighted by Gasteiger charge is 2.56. The normalized spacial score (nSPS) is 25.8. The lowest BCUT2D eigenvalue weighted by Crippen LogP contribution is -2.46. The van der Waals surface area contributed by atoms with E-state index in [4.69, 9.17) is 29.3 Å². The van der Waals surface area contributed by atoms with Crippen molar-refractivity contribution in [2.45, 2.75) is 117 Å². The quantitative estimate of drug-likeness (QED) is 0.237. The van der Waals surface area contributed by atoms with Gasteiger partial charge in [-0.2, -0.15) is 0 Å². The van der Waals surface area contributed by atoms with Gasteiger partial charge in [-0.15, -0.1) is 0 Å². The van der Waals surface area contributed by atoms with Crippen molar-refractivity contribution in [3.05, 3.63) is 93.6 Å². The molecule has 3 aliphatic heterocycles. The lowest BCUT2D eigenvalue weighted by molar-refractivity contribution is -0.00878. The maximum absolute atomic E-state index is 6.83. The Hall–Kier alpha value is -2.88. The van der Waals surface area contributed by atoms with Crippen molar-refractivity contribution < 1.29 is 18.6 Å². The number of rotatable bonds is 9. The van der Waals surface area contributed by atoms with Crippen LogP contribution in [0.5, 0.6) is 0 Å². The van der Waals surface area contributed by atoms with Gasteiger partial charge in [0.2, 0.25) is 0 Å². The highest BCUT2D eigenvalue weighted by molar-refractivity contribution is 6.60. The Kier molecular flexibility index (Phi) is 9.45. The number of nitrogens with one attached hydrogen (secondary N) is 1. The number of allylic oxidation sites excluding steroid dienone is 3. The Morgan fingerprint density at radius 1 is 0.913 bits per heavy atom. The van der Waals surface area contributed by atoms with E-state index in [-0.39, 0.29) is 12.1 Å². The molecule has 2 aromatic carbocycles. The van der Waals surface area contributed by atoms with Gasteiger partial charge in [0, 0.05) is 36.0 Å². The first kappa shape index (κ1) is 34.5. The molecule has 8 nitrogen and oxygen atoms in total. The monoisotopic (exact) mass is 626 g/mol. The predicted octanol–water partition coefficient (Wildman–Crippen LogP) is 6.69. The second-order valence-corrected chi connectivity index (χ2v) is 14.8. The summed E-state index contributed by atoms with van der Waals surface area (Å²) in [4.78, 5) is 4.89. The molecular formula is C36H52B2N4O4. The van der Waals surface area contributed by atoms with Crippen molar-refractivity contribution in [1.82, 2.24) is 10.4 Å². The van der Waals surface area contributed by atoms with Crippen molar-refractivity contribution in [2.24, 2.45) is 10.7 Å². The topological polar surface area (TPSA) is 90.6 Å². The van der Waals surface area contributed by atoms with Crippen LogP contribution >= 0.6 is 0 Å². The Labute approximate surface area is 277 Å². The fourth-order valence-electron chi connectivity index (χ4n) is 6.27. The molecule has 3 aliphatic rings. The molecule has 0 radical (unpaired) electrons. The van der Waals surface area contributed by atoms with Gasteiger partial charge in [-0.3, -0.25) is 4.99 Å². The summed E-state index contributed by atoms with van der Waals surface area (Å²) in [5, 5.41) is 2.23. The first-order valence-electron chi connectivity index (χ1n) is 16.5. The maximum atomic E-state index is 6.83. The Balaban J connectivity index is 1.29. The first-order valence-corrected chi connectivity index (χ1v) is 16.5. The van der Waals surface area contributed by atoms with Crippen LogP contribution in [0.25, 0.3) is 0 Å². The molecule has 0 aromatic heterocycles. The molecule has 5 rings (SSSR count). The van der Waals surface area contributed by atoms with E-state index in [1.165, 1.54) is 11.1 Å². The van der Waals surface area contributed by atoms with Crippen molar-refractivity contribution >= 4 is 20.5 Å². The molecular weight excluding hydrogens is 574 g/mol. The zero-order valence-electron chi connectivity index (χ0n) is 29.6. The van der Waals surface area contributed by atoms with Crippen molar-refractivity contribution in [3.63, 3.8) is 0 Å². The van der Waals surface area contributed by atoms with Gasteiger partial charge in [0.1, 0.15) is 0 Å². The van der Waals surface area contributed by atoms with Crippen LogP contribution in [-0.2, 0) is 25.0 Å². The van der Waals surface area contributed by atoms with Crippen LogP contribution in [0, 0.1) is 0 Å². The van der Waals surface area contributed by atoms with Gasteiger partial charge in [-0.25, -0.2) is 5.43 Å². The van der Waals surface area contributed by atoms with Gasteiger partial charge < -0.3 is 29.4 Å². The Bertz CT molecular complexity index is 1500. The molecule has 3 atom stereocenters. The summed E-state index contributed by atoms with van der Waals surface area (Å²) >= 11 is 0. The number of benzene rings is 2. The smallest absolute Gasteiger partial charge is 0.402 e. The van der Waals surface area contributed by atoms with Gasteiger partial charge in [0.05, 0.1) is 34.5 Å². The summed E-state index contributed by atoms with van der Waals surface area (Å²) in [7, 11) is -0.985. The van der Waals surface area contributed by atoms with E-state index in [1.807, 2.05) is 46.9 Å². The molecule has 0 aliphatic carbocycles. The average Bonchev–Trinajstić information content (AvgIpc) is 3.54. The Morgan fingerprint density at radius 2 is 1.54 bits per heavy atom. The molecule has 46 heavy (non-hydrogen) atoms. The second-order valence-electron chi connectivity index (χ2n) is 14.8. The van der Waals surface area contributed by atoms with E-state index >= 15 is 0 Å². The van der Waals surface area contributed by atoms with Crippen LogP contribution in [-0.4, -0.2) is 54.4 Å². The fraction of sp³-hybridized carbons (Fsp3) is 0.528. The summed E-state index contributed by atoms with van der Waals surface area (Å²) in [5.41, 5.74) is 15.1. The molecule has 3 N–H and O–H groups in total. The molecule has 0 amide bonds. The Morgan fingerprint density at radius 3 is 2.17 bits per heavy atom. The predicted molar refractivity (Wildman–Crippen MR) is 188 cm³/mol. The number of hydrogen-bond donors (Lipinski definition) is 2. The van der Waals surface area contributed by atoms with Crippen LogP contribution < -0.4 is 11.2 Å². The molecule has 10 heteroatoms. The summed E-state index contributed by atoms with van der Waals surface area (Å²) in [6, 6.07) is 19.2. The van der Waals surface area contributed by atoms with Crippen molar-refractivity contribution in [3.8, 4) is 0 Å². The molecule has 2 fully saturated rings. The molecule has 3 heterocycles. The summed E-state index contributed by atoms with van der Waals surface area (Å²) in [6.45, 7) is 23.6. The number of hydrazine groups is 1. The van der Waals surface area contributed by atoms with Crippen LogP contribution in [0.4, 0.5) is 0 Å². The molecule has 0 saturated carbocycles. The van der Waals surface area contributed by atoms with Gasteiger partial charge in [-0.1, -0.05) is 54.6 Å². The highest BCUT2D eigenvalue weighted by atomic mass is 16.7. The van der Waals surface area contributed by atoms with Crippen molar-refractivity contribution in [1.29, 1.82) is 0 Å². The minimum absolute atomic E-state index is 0.0963. The third-order valence-corrected chi connectivity index (χ3v) is 10.6. The van der Waals surface area contributed by atoms with Crippen molar-refractivity contribution in [2.75, 3.05) is 6.54 Å². The van der Waals surface area contributed by atoms with Crippen LogP contribution in [0.1, 0.15) is 105 Å². The third-order valence-electron chi connectivity index (χ3n) is 10.6. The molecule has 0 spiro atoms. The van der Waals surface area contributed by atoms with Gasteiger partial charge in [-0.05, 0) is 98.3 Å². The summed E-state index contributed by atoms with van der Waals surface area (Å²) < 4.78 is 26.0. The summed E-state index contributed by atoms with van der Waals surface area (Å²) in [5.74, 6) is 0. The minimum Gasteiger partial charge on any atom is -0.402 e. The number of aliphatic imine (C=N–C) groups is 1. The lowest BCUT2D eigenvalue weighted by atomic mass is 9.77. The van der Waals surface area contributed by atoms with E-state index in [0.717, 1.165) is 22.2 Å². The molecule has 2 aromatic rings. The third kappa shape index (κ3) is 6.60. The van der Waals surface area contributed by atoms with E-state index in [9.17, 15) is 0 Å². The number of hydrogen-bond acceptors (Lipinski definition) is 8. The first-order chi connectivity index (χ1) is 21.4. The van der Waals surface area contributed by atoms with E-state index < -0.39 is 36.6 Å². The lowest BCUT2D eigenvalue weighted by Gasteiger charge is -2.36. The number of nitrogens with two attached hydrogens (primary N) is 1. The molecule has 2 saturated heterocycles. The average molecular weight is 626 g/mol. The largest absolute Gasteiger partial charge is 0.498 e. The zero-order chi connectivity index (χ0) is 33.7. The number of nitrogens with zero attached hydrogens (tertiary/aromatic N) is 2. The fourth-order valence-corrected chi connectivity index (χ4v) is 6.27. The molecule has 246 valence electrons. The van der Waals surface area contributed by atoms with Gasteiger partial charge >= 0.3 is 14.2 Å². The molecule has 3 unspecified atom stereocenters. The van der Waals surface area contributed by atoms with Crippen LogP contribution in [0.2, 0.25) is 0 Å². The standard InChI is InChI=1S/C36H52B2N4O4/c1-24(39)31(37-43-33(5,6)34(7,8)44-37)22-40-25(2)30-19-15-16-28(20-30)21-36(11)35(9,10)45-38(46-36)32-23-41-42(27(32)4)26(3)29-17-13-12-14-18-29/h12-20,22,25-26,41H,21,23,39H2,1-11H3. The van der Waals surface area contributed by atoms with Gasteiger partial charge in [0.15, 0.2) is 0 Å². The minimum atomic E-state index is -0.561. The van der Waals surface area contributed by atoms with E-state index in [0.29, 0.717) is 18.7 Å². The SMILES string of the molecule is CC(N)=C(C=NC(C)c1cccc(CC2(C)OB(C3=C(C)N(C(C)c4ccccc4)NC3)OC2(C)C)c1)B1OC(C)(C)C(C)(C)O1. The highest BCUT2D eigenvalue weighted by Crippen LogP contribution is 2.43. The zero-order valence-corrected chi connectivity index (χ0v) is 29.6. The van der Waals surface area contributed by atoms with Crippen LogP contribution in [0.3, 0.4) is 0 Å². The van der Waals surface area contributed by atoms with E-state index in [1.54, 1.807) is 0 Å².